The lowest BCUT2D eigenvalue weighted by molar-refractivity contribution is 0.165. The van der Waals surface area contributed by atoms with Crippen LogP contribution in [0.3, 0.4) is 0 Å². The van der Waals surface area contributed by atoms with Crippen LogP contribution in [0.5, 0.6) is 0 Å². The summed E-state index contributed by atoms with van der Waals surface area (Å²) in [6.07, 6.45) is 4.29. The molecule has 0 aromatic rings. The minimum atomic E-state index is -0.194. The van der Waals surface area contributed by atoms with Crippen LogP contribution in [0.4, 0.5) is 0 Å². The van der Waals surface area contributed by atoms with Gasteiger partial charge in [-0.2, -0.15) is 0 Å². The van der Waals surface area contributed by atoms with Crippen LogP contribution in [0.2, 0.25) is 0 Å². The number of hydrogen-bond acceptors (Lipinski definition) is 1. The molecule has 0 aromatic carbocycles. The maximum Gasteiger partial charge on any atom is 0.0673 e. The standard InChI is InChI=1S/C8H16Br2O/c1-2-3-4-5-8(11)7(10)6-9/h7-8,11H,2-6H2,1H3. The van der Waals surface area contributed by atoms with Crippen LogP contribution >= 0.6 is 31.9 Å². The molecule has 0 aliphatic heterocycles. The lowest BCUT2D eigenvalue weighted by atomic mass is 10.1. The average Bonchev–Trinajstić information content (AvgIpc) is 2.03. The van der Waals surface area contributed by atoms with E-state index in [0.717, 1.165) is 18.2 Å². The molecule has 0 saturated heterocycles. The van der Waals surface area contributed by atoms with Crippen molar-refractivity contribution in [1.29, 1.82) is 0 Å². The van der Waals surface area contributed by atoms with E-state index in [1.165, 1.54) is 12.8 Å². The Morgan fingerprint density at radius 1 is 1.36 bits per heavy atom. The summed E-state index contributed by atoms with van der Waals surface area (Å²) in [6, 6.07) is 0. The van der Waals surface area contributed by atoms with Gasteiger partial charge in [0.25, 0.3) is 0 Å². The second-order valence-corrected chi connectivity index (χ2v) is 4.56. The van der Waals surface area contributed by atoms with E-state index in [1.807, 2.05) is 0 Å². The van der Waals surface area contributed by atoms with Crippen molar-refractivity contribution in [2.75, 3.05) is 5.33 Å². The van der Waals surface area contributed by atoms with E-state index in [1.54, 1.807) is 0 Å². The van der Waals surface area contributed by atoms with Gasteiger partial charge in [-0.3, -0.25) is 0 Å². The molecule has 0 rings (SSSR count). The number of rotatable bonds is 6. The number of hydrogen-bond donors (Lipinski definition) is 1. The molecule has 0 bridgehead atoms. The summed E-state index contributed by atoms with van der Waals surface area (Å²) >= 11 is 6.71. The Morgan fingerprint density at radius 3 is 2.45 bits per heavy atom. The topological polar surface area (TPSA) is 20.2 Å². The molecule has 0 radical (unpaired) electrons. The normalized spacial score (nSPS) is 16.4. The van der Waals surface area contributed by atoms with Crippen molar-refractivity contribution in [3.63, 3.8) is 0 Å². The fourth-order valence-corrected chi connectivity index (χ4v) is 1.58. The zero-order valence-electron chi connectivity index (χ0n) is 6.89. The molecule has 0 amide bonds. The van der Waals surface area contributed by atoms with Crippen molar-refractivity contribution in [2.24, 2.45) is 0 Å². The summed E-state index contributed by atoms with van der Waals surface area (Å²) in [5, 5.41) is 10.3. The van der Waals surface area contributed by atoms with Gasteiger partial charge in [-0.15, -0.1) is 0 Å². The Bertz CT molecular complexity index is 88.2. The van der Waals surface area contributed by atoms with E-state index >= 15 is 0 Å². The first-order valence-corrected chi connectivity index (χ1v) is 6.14. The van der Waals surface area contributed by atoms with Crippen LogP contribution in [0.15, 0.2) is 0 Å². The summed E-state index contributed by atoms with van der Waals surface area (Å²) in [5.74, 6) is 0. The van der Waals surface area contributed by atoms with Crippen molar-refractivity contribution < 1.29 is 5.11 Å². The molecule has 0 saturated carbocycles. The zero-order valence-corrected chi connectivity index (χ0v) is 10.1. The maximum atomic E-state index is 9.47. The predicted octanol–water partition coefficient (Wildman–Crippen LogP) is 3.09. The Kier molecular flexibility index (Phi) is 8.20. The Labute approximate surface area is 85.8 Å². The third-order valence-electron chi connectivity index (χ3n) is 1.67. The Hall–Kier alpha value is 0.920. The molecule has 1 nitrogen and oxygen atoms in total. The van der Waals surface area contributed by atoms with Crippen molar-refractivity contribution in [3.8, 4) is 0 Å². The summed E-state index contributed by atoms with van der Waals surface area (Å²) < 4.78 is 0. The first kappa shape index (κ1) is 11.9. The van der Waals surface area contributed by atoms with Gasteiger partial charge in [-0.1, -0.05) is 58.0 Å². The molecule has 0 heterocycles. The number of aliphatic hydroxyl groups is 1. The molecule has 2 atom stereocenters. The first-order chi connectivity index (χ1) is 5.22. The lowest BCUT2D eigenvalue weighted by Gasteiger charge is -2.13. The van der Waals surface area contributed by atoms with E-state index in [0.29, 0.717) is 0 Å². The van der Waals surface area contributed by atoms with Crippen molar-refractivity contribution >= 4 is 31.9 Å². The molecule has 0 aliphatic carbocycles. The summed E-state index contributed by atoms with van der Waals surface area (Å²) in [5.41, 5.74) is 0. The minimum absolute atomic E-state index is 0.194. The van der Waals surface area contributed by atoms with Gasteiger partial charge < -0.3 is 5.11 Å². The molecule has 0 aromatic heterocycles. The highest BCUT2D eigenvalue weighted by molar-refractivity contribution is 9.12. The van der Waals surface area contributed by atoms with Crippen molar-refractivity contribution in [3.05, 3.63) is 0 Å². The van der Waals surface area contributed by atoms with E-state index in [2.05, 4.69) is 38.8 Å². The summed E-state index contributed by atoms with van der Waals surface area (Å²) in [4.78, 5) is 0.208. The molecule has 0 spiro atoms. The van der Waals surface area contributed by atoms with E-state index < -0.39 is 0 Å². The van der Waals surface area contributed by atoms with E-state index in [-0.39, 0.29) is 10.9 Å². The van der Waals surface area contributed by atoms with E-state index in [4.69, 9.17) is 0 Å². The number of alkyl halides is 2. The van der Waals surface area contributed by atoms with Crippen LogP contribution in [0, 0.1) is 0 Å². The molecular formula is C8H16Br2O. The molecule has 3 heteroatoms. The van der Waals surface area contributed by atoms with Gasteiger partial charge in [0.2, 0.25) is 0 Å². The molecule has 0 fully saturated rings. The second-order valence-electron chi connectivity index (χ2n) is 2.73. The Balaban J connectivity index is 3.28. The fraction of sp³-hybridized carbons (Fsp3) is 1.00. The number of unbranched alkanes of at least 4 members (excludes halogenated alkanes) is 2. The highest BCUT2D eigenvalue weighted by Gasteiger charge is 2.13. The second kappa shape index (κ2) is 7.56. The largest absolute Gasteiger partial charge is 0.392 e. The van der Waals surface area contributed by atoms with Crippen molar-refractivity contribution in [1.82, 2.24) is 0 Å². The fourth-order valence-electron chi connectivity index (χ4n) is 0.887. The Morgan fingerprint density at radius 2 is 2.00 bits per heavy atom. The summed E-state index contributed by atoms with van der Waals surface area (Å²) in [7, 11) is 0. The monoisotopic (exact) mass is 286 g/mol. The predicted molar refractivity (Wildman–Crippen MR) is 56.7 cm³/mol. The van der Waals surface area contributed by atoms with Gasteiger partial charge in [0.1, 0.15) is 0 Å². The maximum absolute atomic E-state index is 9.47. The zero-order chi connectivity index (χ0) is 8.69. The van der Waals surface area contributed by atoms with Crippen molar-refractivity contribution in [2.45, 2.75) is 43.5 Å². The third kappa shape index (κ3) is 6.12. The van der Waals surface area contributed by atoms with Gasteiger partial charge >= 0.3 is 0 Å². The first-order valence-electron chi connectivity index (χ1n) is 4.10. The lowest BCUT2D eigenvalue weighted by Crippen LogP contribution is -2.21. The summed E-state index contributed by atoms with van der Waals surface area (Å²) in [6.45, 7) is 2.17. The van der Waals surface area contributed by atoms with Gasteiger partial charge in [-0.05, 0) is 6.42 Å². The number of aliphatic hydroxyl groups excluding tert-OH is 1. The van der Waals surface area contributed by atoms with Crippen LogP contribution in [-0.2, 0) is 0 Å². The minimum Gasteiger partial charge on any atom is -0.392 e. The van der Waals surface area contributed by atoms with Gasteiger partial charge in [0.05, 0.1) is 10.9 Å². The van der Waals surface area contributed by atoms with Gasteiger partial charge in [0, 0.05) is 5.33 Å². The molecule has 68 valence electrons. The van der Waals surface area contributed by atoms with Gasteiger partial charge in [0.15, 0.2) is 0 Å². The van der Waals surface area contributed by atoms with Crippen LogP contribution in [-0.4, -0.2) is 21.4 Å². The highest BCUT2D eigenvalue weighted by atomic mass is 79.9. The highest BCUT2D eigenvalue weighted by Crippen LogP contribution is 2.14. The average molecular weight is 288 g/mol. The molecule has 11 heavy (non-hydrogen) atoms. The van der Waals surface area contributed by atoms with E-state index in [9.17, 15) is 5.11 Å². The SMILES string of the molecule is CCCCCC(O)C(Br)CBr. The quantitative estimate of drug-likeness (QED) is 0.588. The molecular weight excluding hydrogens is 272 g/mol. The third-order valence-corrected chi connectivity index (χ3v) is 4.17. The van der Waals surface area contributed by atoms with Crippen LogP contribution < -0.4 is 0 Å². The molecule has 0 aliphatic rings. The smallest absolute Gasteiger partial charge is 0.0673 e. The molecule has 2 unspecified atom stereocenters. The number of halogens is 2. The molecule has 1 N–H and O–H groups in total. The van der Waals surface area contributed by atoms with Crippen LogP contribution in [0.25, 0.3) is 0 Å². The van der Waals surface area contributed by atoms with Gasteiger partial charge in [-0.25, -0.2) is 0 Å². The van der Waals surface area contributed by atoms with Crippen LogP contribution in [0.1, 0.15) is 32.6 Å².